The Balaban J connectivity index is 2.03. The molecule has 0 aromatic heterocycles. The normalized spacial score (nSPS) is 28.9. The minimum absolute atomic E-state index is 0.0972. The van der Waals surface area contributed by atoms with Gasteiger partial charge in [0, 0.05) is 12.8 Å². The Labute approximate surface area is 64.4 Å². The Bertz CT molecular complexity index is 171. The van der Waals surface area contributed by atoms with Crippen LogP contribution in [0.25, 0.3) is 0 Å². The van der Waals surface area contributed by atoms with E-state index < -0.39 is 5.79 Å². The lowest BCUT2D eigenvalue weighted by molar-refractivity contribution is -0.204. The predicted molar refractivity (Wildman–Crippen MR) is 34.8 cm³/mol. The largest absolute Gasteiger partial charge is 0.431 e. The SMILES string of the molecule is O=C1COC2(CCOCC2)O1. The van der Waals surface area contributed by atoms with Crippen molar-refractivity contribution < 1.29 is 19.0 Å². The quantitative estimate of drug-likeness (QED) is 0.468. The smallest absolute Gasteiger partial charge is 0.334 e. The molecule has 0 unspecified atom stereocenters. The molecule has 11 heavy (non-hydrogen) atoms. The fourth-order valence-corrected chi connectivity index (χ4v) is 1.39. The highest BCUT2D eigenvalue weighted by Gasteiger charge is 2.42. The third-order valence-corrected chi connectivity index (χ3v) is 2.01. The van der Waals surface area contributed by atoms with Crippen molar-refractivity contribution >= 4 is 5.97 Å². The van der Waals surface area contributed by atoms with E-state index in [-0.39, 0.29) is 12.6 Å². The van der Waals surface area contributed by atoms with Crippen LogP contribution >= 0.6 is 0 Å². The van der Waals surface area contributed by atoms with Gasteiger partial charge in [0.1, 0.15) is 6.61 Å². The molecule has 2 fully saturated rings. The minimum Gasteiger partial charge on any atom is -0.431 e. The van der Waals surface area contributed by atoms with Crippen molar-refractivity contribution in [1.82, 2.24) is 0 Å². The van der Waals surface area contributed by atoms with Gasteiger partial charge in [-0.3, -0.25) is 0 Å². The molecule has 0 amide bonds. The van der Waals surface area contributed by atoms with Gasteiger partial charge in [0.05, 0.1) is 13.2 Å². The van der Waals surface area contributed by atoms with Crippen LogP contribution in [-0.2, 0) is 19.0 Å². The zero-order chi connectivity index (χ0) is 7.73. The summed E-state index contributed by atoms with van der Waals surface area (Å²) in [6.07, 6.45) is 1.33. The summed E-state index contributed by atoms with van der Waals surface area (Å²) >= 11 is 0. The summed E-state index contributed by atoms with van der Waals surface area (Å²) in [6.45, 7) is 1.33. The van der Waals surface area contributed by atoms with Crippen LogP contribution in [-0.4, -0.2) is 31.6 Å². The van der Waals surface area contributed by atoms with E-state index in [0.717, 1.165) is 0 Å². The van der Waals surface area contributed by atoms with Crippen LogP contribution in [0.4, 0.5) is 0 Å². The molecule has 2 aliphatic rings. The summed E-state index contributed by atoms with van der Waals surface area (Å²) < 4.78 is 15.4. The maximum absolute atomic E-state index is 10.7. The van der Waals surface area contributed by atoms with Gasteiger partial charge in [-0.25, -0.2) is 4.79 Å². The molecule has 2 rings (SSSR count). The third-order valence-electron chi connectivity index (χ3n) is 2.01. The van der Waals surface area contributed by atoms with Crippen molar-refractivity contribution in [3.8, 4) is 0 Å². The molecule has 0 radical (unpaired) electrons. The Morgan fingerprint density at radius 1 is 1.27 bits per heavy atom. The van der Waals surface area contributed by atoms with E-state index in [9.17, 15) is 4.79 Å². The number of carbonyl (C=O) groups is 1. The van der Waals surface area contributed by atoms with Crippen LogP contribution in [0.1, 0.15) is 12.8 Å². The van der Waals surface area contributed by atoms with Crippen molar-refractivity contribution in [1.29, 1.82) is 0 Å². The molecular weight excluding hydrogens is 148 g/mol. The van der Waals surface area contributed by atoms with Gasteiger partial charge in [0.15, 0.2) is 0 Å². The average molecular weight is 158 g/mol. The maximum atomic E-state index is 10.7. The van der Waals surface area contributed by atoms with E-state index in [1.54, 1.807) is 0 Å². The maximum Gasteiger partial charge on any atom is 0.334 e. The van der Waals surface area contributed by atoms with E-state index in [1.165, 1.54) is 0 Å². The zero-order valence-electron chi connectivity index (χ0n) is 6.17. The first-order chi connectivity index (χ1) is 5.31. The second kappa shape index (κ2) is 2.46. The molecule has 0 aromatic rings. The molecule has 2 heterocycles. The first-order valence-corrected chi connectivity index (χ1v) is 3.74. The van der Waals surface area contributed by atoms with Gasteiger partial charge in [-0.05, 0) is 0 Å². The van der Waals surface area contributed by atoms with Gasteiger partial charge in [0.2, 0.25) is 5.79 Å². The Hall–Kier alpha value is -0.610. The van der Waals surface area contributed by atoms with Gasteiger partial charge in [-0.1, -0.05) is 0 Å². The van der Waals surface area contributed by atoms with E-state index in [1.807, 2.05) is 0 Å². The monoisotopic (exact) mass is 158 g/mol. The molecule has 4 heteroatoms. The van der Waals surface area contributed by atoms with Crippen LogP contribution < -0.4 is 0 Å². The van der Waals surface area contributed by atoms with Crippen LogP contribution in [0.2, 0.25) is 0 Å². The van der Waals surface area contributed by atoms with Crippen molar-refractivity contribution in [3.63, 3.8) is 0 Å². The second-order valence-corrected chi connectivity index (χ2v) is 2.79. The van der Waals surface area contributed by atoms with Crippen LogP contribution in [0, 0.1) is 0 Å². The van der Waals surface area contributed by atoms with Gasteiger partial charge < -0.3 is 14.2 Å². The molecule has 2 aliphatic heterocycles. The molecule has 0 N–H and O–H groups in total. The number of esters is 1. The molecule has 0 atom stereocenters. The van der Waals surface area contributed by atoms with Gasteiger partial charge in [0.25, 0.3) is 0 Å². The molecule has 0 aromatic carbocycles. The fraction of sp³-hybridized carbons (Fsp3) is 0.857. The highest BCUT2D eigenvalue weighted by atomic mass is 16.8. The summed E-state index contributed by atoms with van der Waals surface area (Å²) in [5.41, 5.74) is 0. The topological polar surface area (TPSA) is 44.8 Å². The minimum atomic E-state index is -0.630. The van der Waals surface area contributed by atoms with Crippen molar-refractivity contribution in [2.45, 2.75) is 18.6 Å². The molecule has 1 spiro atoms. The third kappa shape index (κ3) is 1.23. The van der Waals surface area contributed by atoms with Crippen molar-refractivity contribution in [2.24, 2.45) is 0 Å². The van der Waals surface area contributed by atoms with Crippen molar-refractivity contribution in [3.05, 3.63) is 0 Å². The van der Waals surface area contributed by atoms with Gasteiger partial charge in [-0.15, -0.1) is 0 Å². The second-order valence-electron chi connectivity index (χ2n) is 2.79. The van der Waals surface area contributed by atoms with E-state index in [4.69, 9.17) is 14.2 Å². The Morgan fingerprint density at radius 3 is 2.55 bits per heavy atom. The summed E-state index contributed by atoms with van der Waals surface area (Å²) in [7, 11) is 0. The molecule has 2 saturated heterocycles. The lowest BCUT2D eigenvalue weighted by Gasteiger charge is -2.29. The Morgan fingerprint density at radius 2 is 2.00 bits per heavy atom. The van der Waals surface area contributed by atoms with E-state index in [2.05, 4.69) is 0 Å². The zero-order valence-corrected chi connectivity index (χ0v) is 6.17. The lowest BCUT2D eigenvalue weighted by atomic mass is 10.1. The van der Waals surface area contributed by atoms with Crippen LogP contribution in [0.15, 0.2) is 0 Å². The fourth-order valence-electron chi connectivity index (χ4n) is 1.39. The van der Waals surface area contributed by atoms with E-state index in [0.29, 0.717) is 26.1 Å². The molecule has 0 bridgehead atoms. The van der Waals surface area contributed by atoms with Crippen molar-refractivity contribution in [2.75, 3.05) is 19.8 Å². The number of rotatable bonds is 0. The summed E-state index contributed by atoms with van der Waals surface area (Å²) in [4.78, 5) is 10.7. The predicted octanol–water partition coefficient (Wildman–Crippen LogP) is 0.0665. The van der Waals surface area contributed by atoms with Gasteiger partial charge >= 0.3 is 5.97 Å². The lowest BCUT2D eigenvalue weighted by Crippen LogP contribution is -2.37. The molecular formula is C7H10O4. The molecule has 62 valence electrons. The number of ether oxygens (including phenoxy) is 3. The highest BCUT2D eigenvalue weighted by molar-refractivity contribution is 5.72. The highest BCUT2D eigenvalue weighted by Crippen LogP contribution is 2.30. The summed E-state index contributed by atoms with van der Waals surface area (Å²) in [5, 5.41) is 0. The summed E-state index contributed by atoms with van der Waals surface area (Å²) in [5.74, 6) is -0.887. The average Bonchev–Trinajstić information content (AvgIpc) is 2.34. The Kier molecular flexibility index (Phi) is 1.58. The van der Waals surface area contributed by atoms with Crippen LogP contribution in [0.5, 0.6) is 0 Å². The molecule has 0 aliphatic carbocycles. The number of carbonyl (C=O) groups excluding carboxylic acids is 1. The standard InChI is InChI=1S/C7H10O4/c8-6-5-10-7(11-6)1-3-9-4-2-7/h1-5H2. The first kappa shape index (κ1) is 7.06. The van der Waals surface area contributed by atoms with Gasteiger partial charge in [-0.2, -0.15) is 0 Å². The summed E-state index contributed by atoms with van der Waals surface area (Å²) in [6, 6.07) is 0. The molecule has 4 nitrogen and oxygen atoms in total. The number of hydrogen-bond acceptors (Lipinski definition) is 4. The number of hydrogen-bond donors (Lipinski definition) is 0. The van der Waals surface area contributed by atoms with E-state index >= 15 is 0 Å². The molecule has 0 saturated carbocycles. The van der Waals surface area contributed by atoms with Crippen LogP contribution in [0.3, 0.4) is 0 Å². The first-order valence-electron chi connectivity index (χ1n) is 3.74.